The highest BCUT2D eigenvalue weighted by Crippen LogP contribution is 2.48. The Morgan fingerprint density at radius 1 is 1.05 bits per heavy atom. The van der Waals surface area contributed by atoms with E-state index in [4.69, 9.17) is 14.2 Å². The molecule has 1 unspecified atom stereocenters. The van der Waals surface area contributed by atoms with E-state index in [1.54, 1.807) is 14.2 Å². The van der Waals surface area contributed by atoms with Crippen molar-refractivity contribution >= 4 is 30.8 Å². The Morgan fingerprint density at radius 2 is 1.80 bits per heavy atom. The van der Waals surface area contributed by atoms with Crippen LogP contribution in [0.1, 0.15) is 70.0 Å². The Morgan fingerprint density at radius 3 is 2.50 bits per heavy atom. The Labute approximate surface area is 263 Å². The maximum Gasteiger partial charge on any atom is 0.226 e. The first-order valence-electron chi connectivity index (χ1n) is 16.4. The molecule has 8 nitrogen and oxygen atoms in total. The van der Waals surface area contributed by atoms with E-state index < -0.39 is 8.07 Å². The number of methoxy groups -OCH3 is 2. The molecule has 2 aromatic carbocycles. The molecular formula is C35H50N2O6Si. The van der Waals surface area contributed by atoms with Crippen LogP contribution >= 0.6 is 0 Å². The summed E-state index contributed by atoms with van der Waals surface area (Å²) in [7, 11) is 1.07. The zero-order valence-electron chi connectivity index (χ0n) is 27.1. The third-order valence-corrected chi connectivity index (χ3v) is 14.6. The molecule has 44 heavy (non-hydrogen) atoms. The quantitative estimate of drug-likeness (QED) is 0.375. The second-order valence-electron chi connectivity index (χ2n) is 13.4. The monoisotopic (exact) mass is 622 g/mol. The van der Waals surface area contributed by atoms with Crippen molar-refractivity contribution in [3.8, 4) is 11.5 Å². The molecule has 0 radical (unpaired) electrons. The molecule has 0 aliphatic carbocycles. The van der Waals surface area contributed by atoms with Crippen LogP contribution in [0, 0.1) is 5.92 Å². The fraction of sp³-hybridized carbons (Fsp3) is 0.600. The Kier molecular flexibility index (Phi) is 10.4. The van der Waals surface area contributed by atoms with Crippen molar-refractivity contribution in [2.75, 3.05) is 38.8 Å². The number of fused-ring (bicyclic) bond motifs is 1. The number of anilines is 1. The second-order valence-corrected chi connectivity index (χ2v) is 18.1. The largest absolute Gasteiger partial charge is 0.497 e. The number of ether oxygens (including phenoxy) is 3. The van der Waals surface area contributed by atoms with Gasteiger partial charge in [0, 0.05) is 55.8 Å². The number of rotatable bonds is 9. The number of likely N-dealkylation sites (tertiary alicyclic amines) is 1. The number of aliphatic hydroxyl groups is 1. The molecular weight excluding hydrogens is 572 g/mol. The summed E-state index contributed by atoms with van der Waals surface area (Å²) in [6.07, 6.45) is 6.36. The van der Waals surface area contributed by atoms with Crippen LogP contribution in [0.15, 0.2) is 42.5 Å². The summed E-state index contributed by atoms with van der Waals surface area (Å²) < 4.78 is 18.6. The fourth-order valence-electron chi connectivity index (χ4n) is 7.64. The number of hydrogen-bond acceptors (Lipinski definition) is 6. The van der Waals surface area contributed by atoms with Crippen LogP contribution in [0.3, 0.4) is 0 Å². The molecule has 3 aliphatic heterocycles. The maximum absolute atomic E-state index is 13.9. The van der Waals surface area contributed by atoms with Gasteiger partial charge in [0.25, 0.3) is 0 Å². The highest BCUT2D eigenvalue weighted by Gasteiger charge is 2.49. The molecule has 240 valence electrons. The van der Waals surface area contributed by atoms with E-state index in [9.17, 15) is 14.7 Å². The van der Waals surface area contributed by atoms with E-state index in [2.05, 4.69) is 38.2 Å². The van der Waals surface area contributed by atoms with Crippen LogP contribution < -0.4 is 19.6 Å². The first-order valence-corrected chi connectivity index (χ1v) is 19.5. The van der Waals surface area contributed by atoms with E-state index in [1.807, 2.05) is 34.1 Å². The zero-order chi connectivity index (χ0) is 31.4. The van der Waals surface area contributed by atoms with Gasteiger partial charge >= 0.3 is 0 Å². The van der Waals surface area contributed by atoms with Gasteiger partial charge in [0.15, 0.2) is 0 Å². The van der Waals surface area contributed by atoms with E-state index in [0.29, 0.717) is 19.4 Å². The lowest BCUT2D eigenvalue weighted by molar-refractivity contribution is -0.133. The third-order valence-electron chi connectivity index (χ3n) is 10.4. The molecule has 5 atom stereocenters. The number of amides is 2. The van der Waals surface area contributed by atoms with Gasteiger partial charge in [-0.3, -0.25) is 9.59 Å². The molecule has 0 saturated carbocycles. The van der Waals surface area contributed by atoms with Gasteiger partial charge in [-0.2, -0.15) is 0 Å². The smallest absolute Gasteiger partial charge is 0.226 e. The lowest BCUT2D eigenvalue weighted by atomic mass is 9.86. The second kappa shape index (κ2) is 14.0. The Balaban J connectivity index is 1.50. The van der Waals surface area contributed by atoms with E-state index in [-0.39, 0.29) is 48.1 Å². The summed E-state index contributed by atoms with van der Waals surface area (Å²) in [5.41, 5.74) is 1.80. The van der Waals surface area contributed by atoms with Crippen LogP contribution in [-0.4, -0.2) is 76.0 Å². The molecule has 3 heterocycles. The highest BCUT2D eigenvalue weighted by atomic mass is 28.3. The maximum atomic E-state index is 13.9. The molecule has 5 rings (SSSR count). The minimum atomic E-state index is -2.34. The Bertz CT molecular complexity index is 1300. The molecule has 2 fully saturated rings. The Hall–Kier alpha value is -2.88. The number of hydrogen-bond donors (Lipinski definition) is 1. The zero-order valence-corrected chi connectivity index (χ0v) is 28.1. The average Bonchev–Trinajstić information content (AvgIpc) is 3.51. The number of carbonyl (C=O) groups is 2. The normalized spacial score (nSPS) is 25.1. The topological polar surface area (TPSA) is 88.5 Å². The molecule has 0 bridgehead atoms. The first-order chi connectivity index (χ1) is 21.2. The van der Waals surface area contributed by atoms with Gasteiger partial charge in [-0.05, 0) is 56.0 Å². The predicted molar refractivity (Wildman–Crippen MR) is 176 cm³/mol. The molecule has 9 heteroatoms. The van der Waals surface area contributed by atoms with E-state index in [1.165, 1.54) is 5.19 Å². The van der Waals surface area contributed by atoms with E-state index >= 15 is 0 Å². The van der Waals surface area contributed by atoms with Gasteiger partial charge < -0.3 is 29.1 Å². The van der Waals surface area contributed by atoms with Gasteiger partial charge in [-0.25, -0.2) is 0 Å². The minimum absolute atomic E-state index is 0.00693. The summed E-state index contributed by atoms with van der Waals surface area (Å²) in [5, 5.41) is 11.2. The summed E-state index contributed by atoms with van der Waals surface area (Å²) in [6, 6.07) is 14.2. The summed E-state index contributed by atoms with van der Waals surface area (Å²) in [6.45, 7) is 8.22. The van der Waals surface area contributed by atoms with Crippen molar-refractivity contribution < 1.29 is 28.9 Å². The van der Waals surface area contributed by atoms with E-state index in [0.717, 1.165) is 67.8 Å². The lowest BCUT2D eigenvalue weighted by Crippen LogP contribution is -2.55. The average molecular weight is 623 g/mol. The molecule has 0 aromatic heterocycles. The fourth-order valence-corrected chi connectivity index (χ4v) is 11.0. The van der Waals surface area contributed by atoms with Crippen molar-refractivity contribution in [3.63, 3.8) is 0 Å². The van der Waals surface area contributed by atoms with Crippen molar-refractivity contribution in [2.45, 2.75) is 95.2 Å². The first kappa shape index (κ1) is 32.5. The van der Waals surface area contributed by atoms with Gasteiger partial charge in [0.1, 0.15) is 17.6 Å². The van der Waals surface area contributed by atoms with Crippen molar-refractivity contribution in [2.24, 2.45) is 5.92 Å². The van der Waals surface area contributed by atoms with Crippen LogP contribution in [0.4, 0.5) is 5.69 Å². The number of benzene rings is 2. The molecule has 3 aliphatic rings. The third kappa shape index (κ3) is 6.55. The van der Waals surface area contributed by atoms with Crippen LogP contribution in [0.2, 0.25) is 18.6 Å². The number of carbonyl (C=O) groups excluding carboxylic acids is 2. The summed E-state index contributed by atoms with van der Waals surface area (Å²) >= 11 is 0. The van der Waals surface area contributed by atoms with Crippen LogP contribution in [-0.2, 0) is 14.3 Å². The lowest BCUT2D eigenvalue weighted by Gasteiger charge is -2.46. The SMILES string of the molecule is COc1ccc([Si](C)(C)C(CC(=O)N2CCC[C@H]2CO)[C@@H]2Oc3ccc(N4CCCCCCC4=O)cc3[C@H](OC)[C@H]2C)cc1. The summed E-state index contributed by atoms with van der Waals surface area (Å²) in [4.78, 5) is 30.8. The van der Waals surface area contributed by atoms with Crippen LogP contribution in [0.5, 0.6) is 11.5 Å². The standard InChI is InChI=1S/C35H50N2O6Si/c1-24-34(42-3)29-21-25(36-19-9-7-6-8-12-32(36)39)13-18-30(29)43-35(24)31(22-33(40)37-20-10-11-26(37)23-38)44(4,5)28-16-14-27(41-2)15-17-28/h13-18,21,24,26,31,34-35,38H,6-12,19-20,22-23H2,1-5H3/t24-,26+,31?,34-,35-/m1/s1. The minimum Gasteiger partial charge on any atom is -0.497 e. The highest BCUT2D eigenvalue weighted by molar-refractivity contribution is 6.91. The number of nitrogens with zero attached hydrogens (tertiary/aromatic N) is 2. The van der Waals surface area contributed by atoms with Gasteiger partial charge in [0.05, 0.1) is 33.9 Å². The molecule has 2 aromatic rings. The van der Waals surface area contributed by atoms with Crippen molar-refractivity contribution in [1.82, 2.24) is 4.90 Å². The van der Waals surface area contributed by atoms with Gasteiger partial charge in [0.2, 0.25) is 11.8 Å². The predicted octanol–water partition coefficient (Wildman–Crippen LogP) is 5.44. The van der Waals surface area contributed by atoms with Crippen LogP contribution in [0.25, 0.3) is 0 Å². The van der Waals surface area contributed by atoms with Crippen molar-refractivity contribution in [3.05, 3.63) is 48.0 Å². The van der Waals surface area contributed by atoms with Crippen molar-refractivity contribution in [1.29, 1.82) is 0 Å². The van der Waals surface area contributed by atoms with Gasteiger partial charge in [-0.1, -0.05) is 50.2 Å². The summed E-state index contributed by atoms with van der Waals surface area (Å²) in [5.74, 6) is 1.78. The van der Waals surface area contributed by atoms with Gasteiger partial charge in [-0.15, -0.1) is 0 Å². The number of aliphatic hydroxyl groups excluding tert-OH is 1. The molecule has 0 spiro atoms. The molecule has 2 amide bonds. The molecule has 1 N–H and O–H groups in total. The molecule has 2 saturated heterocycles.